The molecule has 0 fully saturated rings. The van der Waals surface area contributed by atoms with E-state index in [1.807, 2.05) is 31.1 Å². The molecule has 0 aliphatic rings. The van der Waals surface area contributed by atoms with Crippen molar-refractivity contribution < 1.29 is 23.4 Å². The van der Waals surface area contributed by atoms with Crippen molar-refractivity contribution in [1.29, 1.82) is 0 Å². The van der Waals surface area contributed by atoms with Crippen molar-refractivity contribution in [2.24, 2.45) is 0 Å². The molecule has 0 aliphatic carbocycles. The van der Waals surface area contributed by atoms with Crippen molar-refractivity contribution in [3.8, 4) is 17.2 Å². The first-order valence-electron chi connectivity index (χ1n) is 8.41. The number of hydrogen-bond donors (Lipinski definition) is 1. The van der Waals surface area contributed by atoms with Gasteiger partial charge >= 0.3 is 0 Å². The molecule has 1 N–H and O–H groups in total. The predicted molar refractivity (Wildman–Crippen MR) is 101 cm³/mol. The first-order valence-corrected chi connectivity index (χ1v) is 8.41. The largest absolute Gasteiger partial charge is 0.493 e. The second kappa shape index (κ2) is 9.23. The van der Waals surface area contributed by atoms with Crippen LogP contribution in [0.1, 0.15) is 22.0 Å². The predicted octanol–water partition coefficient (Wildman–Crippen LogP) is 2.88. The monoisotopic (exact) mass is 376 g/mol. The van der Waals surface area contributed by atoms with Gasteiger partial charge in [0.15, 0.2) is 11.5 Å². The highest BCUT2D eigenvalue weighted by molar-refractivity contribution is 5.94. The topological polar surface area (TPSA) is 60.0 Å². The van der Waals surface area contributed by atoms with Crippen molar-refractivity contribution in [3.05, 3.63) is 53.3 Å². The van der Waals surface area contributed by atoms with Gasteiger partial charge in [0.05, 0.1) is 27.4 Å². The van der Waals surface area contributed by atoms with Crippen LogP contribution in [-0.4, -0.2) is 52.8 Å². The molecular formula is C20H25FN2O4. The SMILES string of the molecule is COc1cc(C(CNC(=O)c2ccc(F)cc2)N(C)C)cc(OC)c1OC. The molecule has 146 valence electrons. The van der Waals surface area contributed by atoms with E-state index >= 15 is 0 Å². The van der Waals surface area contributed by atoms with Gasteiger partial charge < -0.3 is 24.4 Å². The van der Waals surface area contributed by atoms with Crippen molar-refractivity contribution in [2.75, 3.05) is 42.0 Å². The van der Waals surface area contributed by atoms with Gasteiger partial charge in [-0.05, 0) is 56.1 Å². The van der Waals surface area contributed by atoms with Crippen molar-refractivity contribution >= 4 is 5.91 Å². The highest BCUT2D eigenvalue weighted by atomic mass is 19.1. The zero-order chi connectivity index (χ0) is 20.0. The van der Waals surface area contributed by atoms with Gasteiger partial charge in [0.2, 0.25) is 5.75 Å². The second-order valence-electron chi connectivity index (χ2n) is 6.16. The second-order valence-corrected chi connectivity index (χ2v) is 6.16. The number of likely N-dealkylation sites (N-methyl/N-ethyl adjacent to an activating group) is 1. The van der Waals surface area contributed by atoms with Gasteiger partial charge in [-0.25, -0.2) is 4.39 Å². The quantitative estimate of drug-likeness (QED) is 0.768. The Morgan fingerprint density at radius 1 is 1.04 bits per heavy atom. The molecule has 1 amide bonds. The summed E-state index contributed by atoms with van der Waals surface area (Å²) in [4.78, 5) is 14.3. The van der Waals surface area contributed by atoms with Crippen LogP contribution in [0.5, 0.6) is 17.2 Å². The van der Waals surface area contributed by atoms with Gasteiger partial charge in [0.25, 0.3) is 5.91 Å². The maximum atomic E-state index is 13.0. The van der Waals surface area contributed by atoms with E-state index in [2.05, 4.69) is 5.32 Å². The van der Waals surface area contributed by atoms with Gasteiger partial charge in [0, 0.05) is 12.1 Å². The van der Waals surface area contributed by atoms with Gasteiger partial charge in [0.1, 0.15) is 5.82 Å². The number of nitrogens with zero attached hydrogens (tertiary/aromatic N) is 1. The van der Waals surface area contributed by atoms with E-state index in [0.29, 0.717) is 29.4 Å². The summed E-state index contributed by atoms with van der Waals surface area (Å²) < 4.78 is 29.2. The van der Waals surface area contributed by atoms with Crippen LogP contribution in [0, 0.1) is 5.82 Å². The Hall–Kier alpha value is -2.80. The number of rotatable bonds is 8. The van der Waals surface area contributed by atoms with Gasteiger partial charge in [-0.3, -0.25) is 4.79 Å². The average molecular weight is 376 g/mol. The van der Waals surface area contributed by atoms with E-state index in [1.165, 1.54) is 24.3 Å². The third-order valence-electron chi connectivity index (χ3n) is 4.26. The average Bonchev–Trinajstić information content (AvgIpc) is 2.67. The fraction of sp³-hybridized carbons (Fsp3) is 0.350. The van der Waals surface area contributed by atoms with Crippen LogP contribution < -0.4 is 19.5 Å². The lowest BCUT2D eigenvalue weighted by Crippen LogP contribution is -2.34. The molecule has 7 heteroatoms. The number of ether oxygens (including phenoxy) is 3. The Morgan fingerprint density at radius 3 is 2.04 bits per heavy atom. The molecule has 27 heavy (non-hydrogen) atoms. The summed E-state index contributed by atoms with van der Waals surface area (Å²) in [5, 5.41) is 2.89. The van der Waals surface area contributed by atoms with E-state index in [1.54, 1.807) is 21.3 Å². The maximum Gasteiger partial charge on any atom is 0.251 e. The van der Waals surface area contributed by atoms with E-state index < -0.39 is 0 Å². The number of carbonyl (C=O) groups excluding carboxylic acids is 1. The van der Waals surface area contributed by atoms with Crippen LogP contribution in [0.15, 0.2) is 36.4 Å². The molecule has 0 bridgehead atoms. The third kappa shape index (κ3) is 4.89. The zero-order valence-electron chi connectivity index (χ0n) is 16.2. The summed E-state index contributed by atoms with van der Waals surface area (Å²) in [6.45, 7) is 0.349. The summed E-state index contributed by atoms with van der Waals surface area (Å²) in [6.07, 6.45) is 0. The highest BCUT2D eigenvalue weighted by Crippen LogP contribution is 2.40. The molecule has 0 spiro atoms. The van der Waals surface area contributed by atoms with E-state index in [9.17, 15) is 9.18 Å². The summed E-state index contributed by atoms with van der Waals surface area (Å²) in [5.74, 6) is 0.952. The first-order chi connectivity index (χ1) is 12.9. The number of benzene rings is 2. The lowest BCUT2D eigenvalue weighted by Gasteiger charge is -2.26. The minimum Gasteiger partial charge on any atom is -0.493 e. The van der Waals surface area contributed by atoms with Crippen LogP contribution in [-0.2, 0) is 0 Å². The van der Waals surface area contributed by atoms with Crippen LogP contribution in [0.2, 0.25) is 0 Å². The summed E-state index contributed by atoms with van der Waals surface area (Å²) >= 11 is 0. The lowest BCUT2D eigenvalue weighted by molar-refractivity contribution is 0.0942. The Morgan fingerprint density at radius 2 is 1.59 bits per heavy atom. The molecule has 2 aromatic carbocycles. The molecule has 1 atom stereocenters. The van der Waals surface area contributed by atoms with Gasteiger partial charge in [-0.1, -0.05) is 0 Å². The Kier molecular flexibility index (Phi) is 7.01. The van der Waals surface area contributed by atoms with E-state index in [-0.39, 0.29) is 17.8 Å². The lowest BCUT2D eigenvalue weighted by atomic mass is 10.0. The molecule has 0 radical (unpaired) electrons. The molecule has 0 saturated heterocycles. The number of nitrogens with one attached hydrogen (secondary N) is 1. The van der Waals surface area contributed by atoms with Gasteiger partial charge in [-0.2, -0.15) is 0 Å². The number of halogens is 1. The smallest absolute Gasteiger partial charge is 0.251 e. The molecule has 6 nitrogen and oxygen atoms in total. The standard InChI is InChI=1S/C20H25FN2O4/c1-23(2)16(12-22-20(24)13-6-8-15(21)9-7-13)14-10-17(25-3)19(27-5)18(11-14)26-4/h6-11,16H,12H2,1-5H3,(H,22,24). The highest BCUT2D eigenvalue weighted by Gasteiger charge is 2.21. The number of carbonyl (C=O) groups is 1. The first kappa shape index (κ1) is 20.5. The molecule has 1 unspecified atom stereocenters. The molecule has 2 rings (SSSR count). The maximum absolute atomic E-state index is 13.0. The zero-order valence-corrected chi connectivity index (χ0v) is 16.2. The molecular weight excluding hydrogens is 351 g/mol. The molecule has 2 aromatic rings. The summed E-state index contributed by atoms with van der Waals surface area (Å²) in [7, 11) is 8.49. The Bertz CT molecular complexity index is 753. The molecule has 0 aromatic heterocycles. The minimum absolute atomic E-state index is 0.136. The third-order valence-corrected chi connectivity index (χ3v) is 4.26. The van der Waals surface area contributed by atoms with Crippen molar-refractivity contribution in [3.63, 3.8) is 0 Å². The molecule has 0 heterocycles. The number of hydrogen-bond acceptors (Lipinski definition) is 5. The molecule has 0 saturated carbocycles. The fourth-order valence-corrected chi connectivity index (χ4v) is 2.79. The van der Waals surface area contributed by atoms with E-state index in [0.717, 1.165) is 5.56 Å². The molecule has 0 aliphatic heterocycles. The van der Waals surface area contributed by atoms with Crippen LogP contribution in [0.4, 0.5) is 4.39 Å². The van der Waals surface area contributed by atoms with Crippen LogP contribution in [0.3, 0.4) is 0 Å². The Labute approximate surface area is 158 Å². The van der Waals surface area contributed by atoms with Crippen molar-refractivity contribution in [1.82, 2.24) is 10.2 Å². The van der Waals surface area contributed by atoms with Crippen LogP contribution in [0.25, 0.3) is 0 Å². The summed E-state index contributed by atoms with van der Waals surface area (Å²) in [5.41, 5.74) is 1.30. The van der Waals surface area contributed by atoms with Crippen molar-refractivity contribution in [2.45, 2.75) is 6.04 Å². The fourth-order valence-electron chi connectivity index (χ4n) is 2.79. The van der Waals surface area contributed by atoms with Crippen LogP contribution >= 0.6 is 0 Å². The number of methoxy groups -OCH3 is 3. The summed E-state index contributed by atoms with van der Waals surface area (Å²) in [6, 6.07) is 9.01. The van der Waals surface area contributed by atoms with Gasteiger partial charge in [-0.15, -0.1) is 0 Å². The van der Waals surface area contributed by atoms with E-state index in [4.69, 9.17) is 14.2 Å². The number of amides is 1. The Balaban J connectivity index is 2.24. The minimum atomic E-state index is -0.379. The normalized spacial score (nSPS) is 11.8.